The van der Waals surface area contributed by atoms with Crippen molar-refractivity contribution in [2.75, 3.05) is 14.2 Å². The molecule has 0 heterocycles. The monoisotopic (exact) mass is 341 g/mol. The smallest absolute Gasteiger partial charge is 0.220 e. The first-order valence-corrected chi connectivity index (χ1v) is 8.66. The van der Waals surface area contributed by atoms with E-state index < -0.39 is 0 Å². The Kier molecular flexibility index (Phi) is 7.33. The highest BCUT2D eigenvalue weighted by Gasteiger charge is 2.09. The molecule has 2 aromatic carbocycles. The van der Waals surface area contributed by atoms with E-state index in [1.807, 2.05) is 36.4 Å². The largest absolute Gasteiger partial charge is 0.497 e. The van der Waals surface area contributed by atoms with E-state index in [0.717, 1.165) is 29.9 Å². The topological polar surface area (TPSA) is 47.6 Å². The molecule has 2 aromatic rings. The molecule has 0 fully saturated rings. The summed E-state index contributed by atoms with van der Waals surface area (Å²) in [5.74, 6) is 1.55. The minimum Gasteiger partial charge on any atom is -0.497 e. The normalized spacial score (nSPS) is 11.6. The van der Waals surface area contributed by atoms with Crippen LogP contribution in [0.5, 0.6) is 11.5 Å². The Bertz CT molecular complexity index is 648. The van der Waals surface area contributed by atoms with Crippen LogP contribution in [0.25, 0.3) is 0 Å². The van der Waals surface area contributed by atoms with E-state index in [9.17, 15) is 4.79 Å². The quantitative estimate of drug-likeness (QED) is 0.755. The van der Waals surface area contributed by atoms with Crippen LogP contribution in [0.4, 0.5) is 0 Å². The molecule has 1 N–H and O–H groups in total. The molecule has 0 spiro atoms. The molecule has 0 aromatic heterocycles. The molecule has 134 valence electrons. The van der Waals surface area contributed by atoms with Gasteiger partial charge in [-0.1, -0.05) is 30.3 Å². The maximum Gasteiger partial charge on any atom is 0.220 e. The van der Waals surface area contributed by atoms with Crippen molar-refractivity contribution >= 4 is 5.91 Å². The summed E-state index contributed by atoms with van der Waals surface area (Å²) in [5, 5.41) is 3.08. The predicted molar refractivity (Wildman–Crippen MR) is 100 cm³/mol. The SMILES string of the molecule is COc1cc(CCC(=O)NC(C)CCc2ccccc2)cc(OC)c1. The first kappa shape index (κ1) is 18.8. The highest BCUT2D eigenvalue weighted by atomic mass is 16.5. The third kappa shape index (κ3) is 6.49. The second-order valence-corrected chi connectivity index (χ2v) is 6.21. The van der Waals surface area contributed by atoms with Crippen LogP contribution in [0.15, 0.2) is 48.5 Å². The van der Waals surface area contributed by atoms with Crippen molar-refractivity contribution in [3.05, 3.63) is 59.7 Å². The van der Waals surface area contributed by atoms with E-state index in [-0.39, 0.29) is 11.9 Å². The zero-order chi connectivity index (χ0) is 18.1. The van der Waals surface area contributed by atoms with Gasteiger partial charge in [0.2, 0.25) is 5.91 Å². The number of carbonyl (C=O) groups excluding carboxylic acids is 1. The van der Waals surface area contributed by atoms with Gasteiger partial charge in [-0.05, 0) is 49.4 Å². The summed E-state index contributed by atoms with van der Waals surface area (Å²) in [5.41, 5.74) is 2.33. The number of rotatable bonds is 9. The van der Waals surface area contributed by atoms with Crippen LogP contribution in [0.3, 0.4) is 0 Å². The maximum atomic E-state index is 12.2. The van der Waals surface area contributed by atoms with Gasteiger partial charge in [0.25, 0.3) is 0 Å². The van der Waals surface area contributed by atoms with Crippen molar-refractivity contribution in [1.82, 2.24) is 5.32 Å². The second kappa shape index (κ2) is 9.72. The fourth-order valence-corrected chi connectivity index (χ4v) is 2.72. The number of hydrogen-bond acceptors (Lipinski definition) is 3. The minimum absolute atomic E-state index is 0.0716. The molecule has 0 radical (unpaired) electrons. The van der Waals surface area contributed by atoms with Crippen LogP contribution >= 0.6 is 0 Å². The van der Waals surface area contributed by atoms with Gasteiger partial charge < -0.3 is 14.8 Å². The number of methoxy groups -OCH3 is 2. The molecule has 1 amide bonds. The van der Waals surface area contributed by atoms with Gasteiger partial charge in [-0.15, -0.1) is 0 Å². The van der Waals surface area contributed by atoms with Gasteiger partial charge in [-0.2, -0.15) is 0 Å². The van der Waals surface area contributed by atoms with E-state index in [1.165, 1.54) is 5.56 Å². The van der Waals surface area contributed by atoms with Gasteiger partial charge in [0.1, 0.15) is 11.5 Å². The van der Waals surface area contributed by atoms with E-state index in [1.54, 1.807) is 14.2 Å². The average molecular weight is 341 g/mol. The molecule has 0 bridgehead atoms. The standard InChI is InChI=1S/C21H27NO3/c1-16(9-10-17-7-5-4-6-8-17)22-21(23)12-11-18-13-19(24-2)15-20(14-18)25-3/h4-8,13-16H,9-12H2,1-3H3,(H,22,23). The lowest BCUT2D eigenvalue weighted by Gasteiger charge is -2.14. The molecule has 1 unspecified atom stereocenters. The molecule has 0 saturated heterocycles. The van der Waals surface area contributed by atoms with E-state index in [4.69, 9.17) is 9.47 Å². The van der Waals surface area contributed by atoms with Crippen LogP contribution < -0.4 is 14.8 Å². The molecular weight excluding hydrogens is 314 g/mol. The maximum absolute atomic E-state index is 12.2. The number of amides is 1. The Morgan fingerprint density at radius 1 is 0.960 bits per heavy atom. The van der Waals surface area contributed by atoms with Crippen molar-refractivity contribution in [3.8, 4) is 11.5 Å². The number of benzene rings is 2. The van der Waals surface area contributed by atoms with Gasteiger partial charge >= 0.3 is 0 Å². The van der Waals surface area contributed by atoms with Gasteiger partial charge in [-0.25, -0.2) is 0 Å². The van der Waals surface area contributed by atoms with Gasteiger partial charge in [0.15, 0.2) is 0 Å². The van der Waals surface area contributed by atoms with Gasteiger partial charge in [0.05, 0.1) is 14.2 Å². The fraction of sp³-hybridized carbons (Fsp3) is 0.381. The number of hydrogen-bond donors (Lipinski definition) is 1. The van der Waals surface area contributed by atoms with Crippen molar-refractivity contribution in [3.63, 3.8) is 0 Å². The lowest BCUT2D eigenvalue weighted by atomic mass is 10.1. The van der Waals surface area contributed by atoms with Crippen LogP contribution in [0.1, 0.15) is 30.9 Å². The molecule has 2 rings (SSSR count). The predicted octanol–water partition coefficient (Wildman–Crippen LogP) is 3.77. The van der Waals surface area contributed by atoms with E-state index in [2.05, 4.69) is 24.4 Å². The Labute approximate surface area is 150 Å². The number of nitrogens with one attached hydrogen (secondary N) is 1. The lowest BCUT2D eigenvalue weighted by Crippen LogP contribution is -2.33. The van der Waals surface area contributed by atoms with Crippen LogP contribution in [-0.2, 0) is 17.6 Å². The summed E-state index contributed by atoms with van der Waals surface area (Å²) in [6, 6.07) is 16.2. The molecule has 0 aliphatic heterocycles. The first-order valence-electron chi connectivity index (χ1n) is 8.66. The molecule has 1 atom stereocenters. The zero-order valence-electron chi connectivity index (χ0n) is 15.2. The summed E-state index contributed by atoms with van der Waals surface area (Å²) < 4.78 is 10.5. The zero-order valence-corrected chi connectivity index (χ0v) is 15.2. The Morgan fingerprint density at radius 2 is 1.60 bits per heavy atom. The average Bonchev–Trinajstić information content (AvgIpc) is 2.65. The molecule has 25 heavy (non-hydrogen) atoms. The Hall–Kier alpha value is -2.49. The number of carbonyl (C=O) groups is 1. The summed E-state index contributed by atoms with van der Waals surface area (Å²) in [7, 11) is 3.25. The summed E-state index contributed by atoms with van der Waals surface area (Å²) in [6.45, 7) is 2.05. The summed E-state index contributed by atoms with van der Waals surface area (Å²) in [6.07, 6.45) is 3.01. The lowest BCUT2D eigenvalue weighted by molar-refractivity contribution is -0.121. The summed E-state index contributed by atoms with van der Waals surface area (Å²) in [4.78, 5) is 12.2. The number of aryl methyl sites for hydroxylation is 2. The molecule has 0 aliphatic rings. The molecule has 0 aliphatic carbocycles. The highest BCUT2D eigenvalue weighted by molar-refractivity contribution is 5.76. The molecule has 0 saturated carbocycles. The van der Waals surface area contributed by atoms with Crippen molar-refractivity contribution < 1.29 is 14.3 Å². The molecular formula is C21H27NO3. The Morgan fingerprint density at radius 3 is 2.20 bits per heavy atom. The highest BCUT2D eigenvalue weighted by Crippen LogP contribution is 2.23. The fourth-order valence-electron chi connectivity index (χ4n) is 2.72. The Balaban J connectivity index is 1.78. The minimum atomic E-state index is 0.0716. The summed E-state index contributed by atoms with van der Waals surface area (Å²) >= 11 is 0. The third-order valence-corrected chi connectivity index (χ3v) is 4.17. The first-order chi connectivity index (χ1) is 12.1. The van der Waals surface area contributed by atoms with Gasteiger partial charge in [-0.3, -0.25) is 4.79 Å². The molecule has 4 nitrogen and oxygen atoms in total. The van der Waals surface area contributed by atoms with Crippen LogP contribution in [0, 0.1) is 0 Å². The van der Waals surface area contributed by atoms with Crippen molar-refractivity contribution in [2.24, 2.45) is 0 Å². The van der Waals surface area contributed by atoms with Crippen LogP contribution in [0.2, 0.25) is 0 Å². The van der Waals surface area contributed by atoms with E-state index in [0.29, 0.717) is 12.8 Å². The van der Waals surface area contributed by atoms with Crippen LogP contribution in [-0.4, -0.2) is 26.2 Å². The van der Waals surface area contributed by atoms with Crippen molar-refractivity contribution in [1.29, 1.82) is 0 Å². The second-order valence-electron chi connectivity index (χ2n) is 6.21. The molecule has 4 heteroatoms. The van der Waals surface area contributed by atoms with Crippen molar-refractivity contribution in [2.45, 2.75) is 38.6 Å². The van der Waals surface area contributed by atoms with E-state index >= 15 is 0 Å². The number of ether oxygens (including phenoxy) is 2. The third-order valence-electron chi connectivity index (χ3n) is 4.17. The van der Waals surface area contributed by atoms with Gasteiger partial charge in [0, 0.05) is 18.5 Å².